The van der Waals surface area contributed by atoms with Gasteiger partial charge >= 0.3 is 0 Å². The van der Waals surface area contributed by atoms with Crippen LogP contribution in [0.5, 0.6) is 0 Å². The molecular weight excluding hydrogens is 324 g/mol. The van der Waals surface area contributed by atoms with Crippen molar-refractivity contribution >= 4 is 0 Å². The van der Waals surface area contributed by atoms with Crippen LogP contribution in [-0.2, 0) is 14.2 Å². The second kappa shape index (κ2) is 5.70. The second-order valence-electron chi connectivity index (χ2n) is 11.2. The Morgan fingerprint density at radius 3 is 2.38 bits per heavy atom. The molecule has 0 radical (unpaired) electrons. The molecule has 5 fully saturated rings. The van der Waals surface area contributed by atoms with Crippen LogP contribution in [0, 0.1) is 34.5 Å². The Balaban J connectivity index is 1.57. The van der Waals surface area contributed by atoms with Gasteiger partial charge in [-0.2, -0.15) is 0 Å². The maximum atomic E-state index is 6.68. The Labute approximate surface area is 159 Å². The van der Waals surface area contributed by atoms with Crippen molar-refractivity contribution < 1.29 is 14.2 Å². The number of methoxy groups -OCH3 is 1. The number of fused-ring (bicyclic) bond motifs is 8. The average molecular weight is 363 g/mol. The van der Waals surface area contributed by atoms with Gasteiger partial charge in [-0.15, -0.1) is 0 Å². The van der Waals surface area contributed by atoms with E-state index >= 15 is 0 Å². The Hall–Kier alpha value is -0.120. The molecule has 3 nitrogen and oxygen atoms in total. The summed E-state index contributed by atoms with van der Waals surface area (Å²) in [5.41, 5.74) is 0.876. The monoisotopic (exact) mass is 362 g/mol. The van der Waals surface area contributed by atoms with Crippen molar-refractivity contribution in [2.24, 2.45) is 34.5 Å². The van der Waals surface area contributed by atoms with Gasteiger partial charge < -0.3 is 14.2 Å². The highest BCUT2D eigenvalue weighted by Crippen LogP contribution is 2.68. The van der Waals surface area contributed by atoms with Crippen LogP contribution in [0.3, 0.4) is 0 Å². The molecule has 1 aliphatic heterocycles. The molecule has 3 heteroatoms. The molecule has 1 heterocycles. The molecule has 0 spiro atoms. The Bertz CT molecular complexity index is 574. The van der Waals surface area contributed by atoms with E-state index in [0.717, 1.165) is 11.8 Å². The highest BCUT2D eigenvalue weighted by Gasteiger charge is 2.67. The normalized spacial score (nSPS) is 57.8. The van der Waals surface area contributed by atoms with E-state index < -0.39 is 5.79 Å². The largest absolute Gasteiger partial charge is 0.381 e. The van der Waals surface area contributed by atoms with Crippen LogP contribution in [0.25, 0.3) is 0 Å². The predicted molar refractivity (Wildman–Crippen MR) is 102 cm³/mol. The molecular formula is C23H38O3. The maximum Gasteiger partial charge on any atom is 0.163 e. The zero-order chi connectivity index (χ0) is 18.3. The predicted octanol–water partition coefficient (Wildman–Crippen LogP) is 5.17. The minimum absolute atomic E-state index is 0.298. The van der Waals surface area contributed by atoms with Crippen molar-refractivity contribution in [1.82, 2.24) is 0 Å². The highest BCUT2D eigenvalue weighted by molar-refractivity contribution is 5.14. The topological polar surface area (TPSA) is 27.7 Å². The summed E-state index contributed by atoms with van der Waals surface area (Å²) in [6, 6.07) is 0. The van der Waals surface area contributed by atoms with Crippen LogP contribution in [0.1, 0.15) is 79.1 Å². The van der Waals surface area contributed by atoms with E-state index in [9.17, 15) is 0 Å². The Morgan fingerprint density at radius 1 is 0.846 bits per heavy atom. The van der Waals surface area contributed by atoms with E-state index in [4.69, 9.17) is 14.2 Å². The van der Waals surface area contributed by atoms with Crippen molar-refractivity contribution in [3.8, 4) is 0 Å². The van der Waals surface area contributed by atoms with E-state index in [2.05, 4.69) is 27.7 Å². The van der Waals surface area contributed by atoms with E-state index in [0.29, 0.717) is 41.0 Å². The lowest BCUT2D eigenvalue weighted by Crippen LogP contribution is -2.62. The van der Waals surface area contributed by atoms with Crippen LogP contribution < -0.4 is 0 Å². The standard InChI is InChI=1S/C23H38O3/c1-21(2)25-19-16-8-6-7-10-23(16,4)15-9-11-22(3)13-14(24-5)12-17(22)18(15)20(19)26-21/h14-20H,6-13H2,1-5H3/t14?,15?,16?,17?,18?,19-,20-,22-,23-/m1/s1. The van der Waals surface area contributed by atoms with Crippen molar-refractivity contribution in [1.29, 1.82) is 0 Å². The fourth-order valence-corrected chi connectivity index (χ4v) is 8.41. The van der Waals surface area contributed by atoms with Gasteiger partial charge in [0.1, 0.15) is 0 Å². The first-order chi connectivity index (χ1) is 12.3. The molecule has 4 aliphatic carbocycles. The van der Waals surface area contributed by atoms with Crippen molar-refractivity contribution in [2.45, 2.75) is 103 Å². The molecule has 9 atom stereocenters. The molecule has 5 aliphatic rings. The second-order valence-corrected chi connectivity index (χ2v) is 11.2. The van der Waals surface area contributed by atoms with Gasteiger partial charge in [-0.1, -0.05) is 26.7 Å². The Kier molecular flexibility index (Phi) is 3.94. The van der Waals surface area contributed by atoms with Crippen LogP contribution >= 0.6 is 0 Å². The van der Waals surface area contributed by atoms with Crippen LogP contribution in [0.4, 0.5) is 0 Å². The smallest absolute Gasteiger partial charge is 0.163 e. The van der Waals surface area contributed by atoms with Crippen LogP contribution in [-0.4, -0.2) is 31.2 Å². The summed E-state index contributed by atoms with van der Waals surface area (Å²) < 4.78 is 19.2. The summed E-state index contributed by atoms with van der Waals surface area (Å²) in [6.45, 7) is 9.42. The van der Waals surface area contributed by atoms with Gasteiger partial charge in [-0.05, 0) is 86.9 Å². The van der Waals surface area contributed by atoms with Crippen LogP contribution in [0.2, 0.25) is 0 Å². The van der Waals surface area contributed by atoms with E-state index in [1.807, 2.05) is 7.11 Å². The fourth-order valence-electron chi connectivity index (χ4n) is 8.41. The van der Waals surface area contributed by atoms with E-state index in [1.54, 1.807) is 0 Å². The fraction of sp³-hybridized carbons (Fsp3) is 1.00. The summed E-state index contributed by atoms with van der Waals surface area (Å²) in [5.74, 6) is 2.46. The SMILES string of the molecule is COC1CC2C3C(CC[C@]2(C)C1)[C@@]1(C)CCCCC1[C@H]1OC(C)(C)O[C@H]31. The molecule has 26 heavy (non-hydrogen) atoms. The average Bonchev–Trinajstić information content (AvgIpc) is 3.09. The molecule has 5 rings (SSSR count). The van der Waals surface area contributed by atoms with Gasteiger partial charge in [0.2, 0.25) is 0 Å². The molecule has 0 aromatic rings. The molecule has 5 unspecified atom stereocenters. The van der Waals surface area contributed by atoms with Gasteiger partial charge in [-0.25, -0.2) is 0 Å². The Morgan fingerprint density at radius 2 is 1.62 bits per heavy atom. The van der Waals surface area contributed by atoms with Gasteiger partial charge in [0.05, 0.1) is 18.3 Å². The van der Waals surface area contributed by atoms with Gasteiger partial charge in [-0.3, -0.25) is 0 Å². The number of rotatable bonds is 1. The minimum Gasteiger partial charge on any atom is -0.381 e. The van der Waals surface area contributed by atoms with Gasteiger partial charge in [0.15, 0.2) is 5.79 Å². The third kappa shape index (κ3) is 2.35. The number of hydrogen-bond donors (Lipinski definition) is 0. The van der Waals surface area contributed by atoms with Crippen LogP contribution in [0.15, 0.2) is 0 Å². The summed E-state index contributed by atoms with van der Waals surface area (Å²) >= 11 is 0. The zero-order valence-corrected chi connectivity index (χ0v) is 17.4. The minimum atomic E-state index is -0.421. The summed E-state index contributed by atoms with van der Waals surface area (Å²) in [6.07, 6.45) is 11.8. The molecule has 4 saturated carbocycles. The summed E-state index contributed by atoms with van der Waals surface area (Å²) in [5, 5.41) is 0. The summed E-state index contributed by atoms with van der Waals surface area (Å²) in [7, 11) is 1.91. The molecule has 0 N–H and O–H groups in total. The van der Waals surface area contributed by atoms with Gasteiger partial charge in [0, 0.05) is 7.11 Å². The zero-order valence-electron chi connectivity index (χ0n) is 17.4. The third-order valence-electron chi connectivity index (χ3n) is 9.51. The first kappa shape index (κ1) is 17.9. The van der Waals surface area contributed by atoms with E-state index in [-0.39, 0.29) is 0 Å². The molecule has 0 amide bonds. The quantitative estimate of drug-likeness (QED) is 0.644. The van der Waals surface area contributed by atoms with Crippen molar-refractivity contribution in [3.05, 3.63) is 0 Å². The molecule has 0 aromatic carbocycles. The van der Waals surface area contributed by atoms with Gasteiger partial charge in [0.25, 0.3) is 0 Å². The van der Waals surface area contributed by atoms with E-state index in [1.165, 1.54) is 51.4 Å². The lowest BCUT2D eigenvalue weighted by Gasteiger charge is -2.62. The lowest BCUT2D eigenvalue weighted by molar-refractivity contribution is -0.175. The first-order valence-corrected chi connectivity index (χ1v) is 11.2. The summed E-state index contributed by atoms with van der Waals surface area (Å²) in [4.78, 5) is 0. The molecule has 0 bridgehead atoms. The number of ether oxygens (including phenoxy) is 3. The first-order valence-electron chi connectivity index (χ1n) is 11.2. The maximum absolute atomic E-state index is 6.68. The highest BCUT2D eigenvalue weighted by atomic mass is 16.8. The molecule has 148 valence electrons. The number of hydrogen-bond acceptors (Lipinski definition) is 3. The molecule has 1 saturated heterocycles. The van der Waals surface area contributed by atoms with Crippen molar-refractivity contribution in [3.63, 3.8) is 0 Å². The third-order valence-corrected chi connectivity index (χ3v) is 9.51. The lowest BCUT2D eigenvalue weighted by atomic mass is 9.44. The molecule has 0 aromatic heterocycles. The van der Waals surface area contributed by atoms with Crippen molar-refractivity contribution in [2.75, 3.05) is 7.11 Å².